The molecule has 0 unspecified atom stereocenters. The molecule has 2 aromatic carbocycles. The van der Waals surface area contributed by atoms with Crippen LogP contribution in [0, 0.1) is 0 Å². The lowest BCUT2D eigenvalue weighted by Gasteiger charge is -2.18. The molecule has 0 aromatic heterocycles. The van der Waals surface area contributed by atoms with Gasteiger partial charge in [-0.05, 0) is 41.9 Å². The van der Waals surface area contributed by atoms with Gasteiger partial charge in [0, 0.05) is 11.6 Å². The zero-order valence-corrected chi connectivity index (χ0v) is 17.5. The maximum absolute atomic E-state index is 12.3. The van der Waals surface area contributed by atoms with E-state index in [1.165, 1.54) is 0 Å². The maximum atomic E-state index is 12.3. The fourth-order valence-electron chi connectivity index (χ4n) is 2.86. The highest BCUT2D eigenvalue weighted by Crippen LogP contribution is 2.41. The van der Waals surface area contributed by atoms with E-state index in [0.29, 0.717) is 40.8 Å². The van der Waals surface area contributed by atoms with Crippen molar-refractivity contribution in [2.24, 2.45) is 0 Å². The zero-order chi connectivity index (χ0) is 21.4. The van der Waals surface area contributed by atoms with Gasteiger partial charge in [-0.1, -0.05) is 13.5 Å². The number of benzene rings is 2. The van der Waals surface area contributed by atoms with E-state index in [0.717, 1.165) is 11.1 Å². The number of amides is 1. The topological polar surface area (TPSA) is 78.1 Å². The van der Waals surface area contributed by atoms with Crippen molar-refractivity contribution in [1.29, 1.82) is 0 Å². The summed E-state index contributed by atoms with van der Waals surface area (Å²) in [5.41, 5.74) is 2.81. The van der Waals surface area contributed by atoms with Gasteiger partial charge in [0.05, 0.1) is 40.7 Å². The van der Waals surface area contributed by atoms with Gasteiger partial charge in [0.25, 0.3) is 0 Å². The van der Waals surface area contributed by atoms with Gasteiger partial charge in [0.15, 0.2) is 11.5 Å². The lowest BCUT2D eigenvalue weighted by molar-refractivity contribution is -0.115. The van der Waals surface area contributed by atoms with E-state index in [9.17, 15) is 4.79 Å². The Bertz CT molecular complexity index is 854. The molecular weight excluding hydrogens is 372 g/mol. The first-order valence-electron chi connectivity index (χ1n) is 9.17. The predicted molar refractivity (Wildman–Crippen MR) is 114 cm³/mol. The molecule has 0 radical (unpaired) electrons. The van der Waals surface area contributed by atoms with Gasteiger partial charge in [-0.2, -0.15) is 0 Å². The predicted octanol–water partition coefficient (Wildman–Crippen LogP) is 3.33. The Hall–Kier alpha value is -3.19. The van der Waals surface area contributed by atoms with Crippen LogP contribution in [0.15, 0.2) is 36.9 Å². The summed E-state index contributed by atoms with van der Waals surface area (Å²) in [7, 11) is 6.25. The molecule has 7 heteroatoms. The van der Waals surface area contributed by atoms with E-state index in [2.05, 4.69) is 17.2 Å². The average Bonchev–Trinajstić information content (AvgIpc) is 2.75. The number of nitrogens with one attached hydrogen (secondary N) is 2. The second-order valence-electron chi connectivity index (χ2n) is 6.13. The number of carbonyl (C=O) groups excluding carboxylic acids is 1. The monoisotopic (exact) mass is 400 g/mol. The van der Waals surface area contributed by atoms with E-state index in [4.69, 9.17) is 18.9 Å². The summed E-state index contributed by atoms with van der Waals surface area (Å²) >= 11 is 0. The molecule has 2 N–H and O–H groups in total. The van der Waals surface area contributed by atoms with Crippen molar-refractivity contribution in [3.8, 4) is 23.0 Å². The van der Waals surface area contributed by atoms with Crippen LogP contribution in [0.3, 0.4) is 0 Å². The smallest absolute Gasteiger partial charge is 0.238 e. The normalized spacial score (nSPS) is 10.2. The van der Waals surface area contributed by atoms with Crippen molar-refractivity contribution in [2.75, 3.05) is 46.8 Å². The summed E-state index contributed by atoms with van der Waals surface area (Å²) in [6.45, 7) is 7.09. The fourth-order valence-corrected chi connectivity index (χ4v) is 2.86. The molecule has 0 bridgehead atoms. The van der Waals surface area contributed by atoms with Gasteiger partial charge in [-0.25, -0.2) is 0 Å². The molecule has 0 fully saturated rings. The third-order valence-electron chi connectivity index (χ3n) is 4.37. The molecule has 2 aromatic rings. The number of hydrogen-bond donors (Lipinski definition) is 2. The van der Waals surface area contributed by atoms with Crippen LogP contribution in [0.4, 0.5) is 5.69 Å². The first-order chi connectivity index (χ1) is 14.0. The zero-order valence-electron chi connectivity index (χ0n) is 17.5. The fraction of sp³-hybridized carbons (Fsp3) is 0.318. The Morgan fingerprint density at radius 1 is 0.966 bits per heavy atom. The molecule has 1 amide bonds. The summed E-state index contributed by atoms with van der Waals surface area (Å²) in [4.78, 5) is 12.3. The summed E-state index contributed by atoms with van der Waals surface area (Å²) < 4.78 is 21.6. The Labute approximate surface area is 171 Å². The third kappa shape index (κ3) is 5.20. The van der Waals surface area contributed by atoms with Crippen LogP contribution >= 0.6 is 0 Å². The standard InChI is InChI=1S/C22H28N2O5/c1-7-23-13-21(25)24-18-12-16(26-3)8-9-17(18)14(2)15-10-19(27-4)22(29-6)20(11-15)28-5/h8-12,23H,2,7,13H2,1,3-6H3,(H,24,25). The molecule has 0 heterocycles. The summed E-state index contributed by atoms with van der Waals surface area (Å²) in [6.07, 6.45) is 0. The van der Waals surface area contributed by atoms with E-state index in [1.807, 2.05) is 31.2 Å². The lowest BCUT2D eigenvalue weighted by atomic mass is 9.97. The molecule has 7 nitrogen and oxygen atoms in total. The second-order valence-corrected chi connectivity index (χ2v) is 6.13. The SMILES string of the molecule is C=C(c1cc(OC)c(OC)c(OC)c1)c1ccc(OC)cc1NC(=O)CNCC. The Morgan fingerprint density at radius 2 is 1.62 bits per heavy atom. The van der Waals surface area contributed by atoms with Crippen LogP contribution in [0.25, 0.3) is 5.57 Å². The molecule has 0 saturated carbocycles. The number of hydrogen-bond acceptors (Lipinski definition) is 6. The number of methoxy groups -OCH3 is 4. The summed E-state index contributed by atoms with van der Waals surface area (Å²) in [6, 6.07) is 9.07. The second kappa shape index (κ2) is 10.4. The van der Waals surface area contributed by atoms with Crippen LogP contribution < -0.4 is 29.6 Å². The Morgan fingerprint density at radius 3 is 2.14 bits per heavy atom. The molecule has 0 aliphatic carbocycles. The van der Waals surface area contributed by atoms with Crippen molar-refractivity contribution in [3.63, 3.8) is 0 Å². The van der Waals surface area contributed by atoms with E-state index >= 15 is 0 Å². The van der Waals surface area contributed by atoms with Crippen molar-refractivity contribution in [1.82, 2.24) is 5.32 Å². The lowest BCUT2D eigenvalue weighted by Crippen LogP contribution is -2.28. The average molecular weight is 400 g/mol. The van der Waals surface area contributed by atoms with Crippen molar-refractivity contribution >= 4 is 17.2 Å². The minimum absolute atomic E-state index is 0.154. The van der Waals surface area contributed by atoms with E-state index in [1.54, 1.807) is 34.5 Å². The molecular formula is C22H28N2O5. The number of anilines is 1. The molecule has 0 atom stereocenters. The maximum Gasteiger partial charge on any atom is 0.238 e. The third-order valence-corrected chi connectivity index (χ3v) is 4.37. The molecule has 0 saturated heterocycles. The number of ether oxygens (including phenoxy) is 4. The van der Waals surface area contributed by atoms with Gasteiger partial charge < -0.3 is 29.6 Å². The van der Waals surface area contributed by atoms with Gasteiger partial charge in [0.1, 0.15) is 5.75 Å². The van der Waals surface area contributed by atoms with Gasteiger partial charge in [0.2, 0.25) is 11.7 Å². The quantitative estimate of drug-likeness (QED) is 0.637. The summed E-state index contributed by atoms with van der Waals surface area (Å²) in [5, 5.41) is 5.93. The first-order valence-corrected chi connectivity index (χ1v) is 9.17. The highest BCUT2D eigenvalue weighted by molar-refractivity contribution is 5.97. The van der Waals surface area contributed by atoms with Crippen molar-refractivity contribution in [2.45, 2.75) is 6.92 Å². The first kappa shape index (κ1) is 22.1. The number of likely N-dealkylation sites (N-methyl/N-ethyl adjacent to an activating group) is 1. The minimum Gasteiger partial charge on any atom is -0.497 e. The molecule has 2 rings (SSSR count). The Kier molecular flexibility index (Phi) is 7.91. The number of rotatable bonds is 10. The van der Waals surface area contributed by atoms with Crippen molar-refractivity contribution in [3.05, 3.63) is 48.0 Å². The van der Waals surface area contributed by atoms with E-state index in [-0.39, 0.29) is 12.5 Å². The van der Waals surface area contributed by atoms with Crippen LogP contribution in [0.5, 0.6) is 23.0 Å². The summed E-state index contributed by atoms with van der Waals surface area (Å²) in [5.74, 6) is 2.02. The molecule has 29 heavy (non-hydrogen) atoms. The van der Waals surface area contributed by atoms with Gasteiger partial charge in [-0.15, -0.1) is 0 Å². The van der Waals surface area contributed by atoms with Gasteiger partial charge >= 0.3 is 0 Å². The van der Waals surface area contributed by atoms with Crippen molar-refractivity contribution < 1.29 is 23.7 Å². The van der Waals surface area contributed by atoms with Gasteiger partial charge in [-0.3, -0.25) is 4.79 Å². The molecule has 0 spiro atoms. The Balaban J connectivity index is 2.48. The minimum atomic E-state index is -0.154. The highest BCUT2D eigenvalue weighted by atomic mass is 16.5. The molecule has 156 valence electrons. The molecule has 0 aliphatic heterocycles. The largest absolute Gasteiger partial charge is 0.497 e. The van der Waals surface area contributed by atoms with E-state index < -0.39 is 0 Å². The van der Waals surface area contributed by atoms with Crippen LogP contribution in [-0.4, -0.2) is 47.4 Å². The number of carbonyl (C=O) groups is 1. The highest BCUT2D eigenvalue weighted by Gasteiger charge is 2.18. The van der Waals surface area contributed by atoms with Crippen LogP contribution in [0.1, 0.15) is 18.1 Å². The van der Waals surface area contributed by atoms with Crippen LogP contribution in [-0.2, 0) is 4.79 Å². The van der Waals surface area contributed by atoms with Crippen LogP contribution in [0.2, 0.25) is 0 Å². The molecule has 0 aliphatic rings.